The van der Waals surface area contributed by atoms with Crippen molar-refractivity contribution in [2.24, 2.45) is 0 Å². The minimum Gasteiger partial charge on any atom is -0.369 e. The first-order chi connectivity index (χ1) is 14.2. The molecule has 0 unspecified atom stereocenters. The first kappa shape index (κ1) is 19.2. The van der Waals surface area contributed by atoms with Crippen molar-refractivity contribution in [3.05, 3.63) is 66.4 Å². The summed E-state index contributed by atoms with van der Waals surface area (Å²) in [6, 6.07) is 18.0. The number of piperazine rings is 1. The van der Waals surface area contributed by atoms with Gasteiger partial charge in [-0.15, -0.1) is 0 Å². The number of aromatic nitrogens is 1. The van der Waals surface area contributed by atoms with Gasteiger partial charge in [-0.2, -0.15) is 0 Å². The molecule has 2 amide bonds. The number of para-hydroxylation sites is 2. The van der Waals surface area contributed by atoms with E-state index in [1.54, 1.807) is 6.20 Å². The molecule has 6 nitrogen and oxygen atoms in total. The number of carbonyl (C=O) groups excluding carboxylic acids is 1. The van der Waals surface area contributed by atoms with Crippen LogP contribution in [-0.2, 0) is 0 Å². The lowest BCUT2D eigenvalue weighted by Crippen LogP contribution is -2.48. The summed E-state index contributed by atoms with van der Waals surface area (Å²) < 4.78 is 0. The molecule has 0 atom stereocenters. The second-order valence-corrected chi connectivity index (χ2v) is 7.37. The van der Waals surface area contributed by atoms with E-state index < -0.39 is 0 Å². The highest BCUT2D eigenvalue weighted by molar-refractivity contribution is 6.00. The van der Waals surface area contributed by atoms with Crippen LogP contribution in [0.25, 0.3) is 10.9 Å². The van der Waals surface area contributed by atoms with Crippen molar-refractivity contribution in [3.8, 4) is 0 Å². The van der Waals surface area contributed by atoms with E-state index in [9.17, 15) is 4.79 Å². The van der Waals surface area contributed by atoms with Gasteiger partial charge in [0.05, 0.1) is 11.2 Å². The van der Waals surface area contributed by atoms with E-state index in [-0.39, 0.29) is 6.03 Å². The molecule has 2 aromatic carbocycles. The zero-order valence-electron chi connectivity index (χ0n) is 16.8. The minimum atomic E-state index is -0.181. The van der Waals surface area contributed by atoms with Crippen LogP contribution < -0.4 is 15.5 Å². The van der Waals surface area contributed by atoms with Crippen molar-refractivity contribution < 1.29 is 4.79 Å². The van der Waals surface area contributed by atoms with Crippen molar-refractivity contribution in [3.63, 3.8) is 0 Å². The molecule has 0 spiro atoms. The summed E-state index contributed by atoms with van der Waals surface area (Å²) in [6.45, 7) is 7.68. The quantitative estimate of drug-likeness (QED) is 0.701. The highest BCUT2D eigenvalue weighted by Crippen LogP contribution is 2.21. The van der Waals surface area contributed by atoms with E-state index in [0.29, 0.717) is 6.54 Å². The van der Waals surface area contributed by atoms with Gasteiger partial charge >= 0.3 is 6.03 Å². The Morgan fingerprint density at radius 1 is 1.00 bits per heavy atom. The maximum Gasteiger partial charge on any atom is 0.319 e. The summed E-state index contributed by atoms with van der Waals surface area (Å²) in [4.78, 5) is 21.5. The number of rotatable bonds is 5. The van der Waals surface area contributed by atoms with Crippen molar-refractivity contribution >= 4 is 28.3 Å². The summed E-state index contributed by atoms with van der Waals surface area (Å²) in [5.41, 5.74) is 4.30. The van der Waals surface area contributed by atoms with Crippen LogP contribution in [0.15, 0.2) is 60.8 Å². The maximum absolute atomic E-state index is 12.3. The van der Waals surface area contributed by atoms with Crippen molar-refractivity contribution in [2.45, 2.75) is 6.92 Å². The number of fused-ring (bicyclic) bond motifs is 1. The number of carbonyl (C=O) groups is 1. The maximum atomic E-state index is 12.3. The summed E-state index contributed by atoms with van der Waals surface area (Å²) >= 11 is 0. The molecule has 0 aliphatic carbocycles. The monoisotopic (exact) mass is 389 g/mol. The van der Waals surface area contributed by atoms with E-state index in [1.165, 1.54) is 11.3 Å². The molecule has 1 aromatic heterocycles. The third-order valence-corrected chi connectivity index (χ3v) is 5.44. The van der Waals surface area contributed by atoms with Gasteiger partial charge in [0.1, 0.15) is 0 Å². The van der Waals surface area contributed by atoms with Gasteiger partial charge < -0.3 is 15.5 Å². The molecular weight excluding hydrogens is 362 g/mol. The zero-order valence-corrected chi connectivity index (χ0v) is 16.8. The molecular formula is C23H27N5O. The third kappa shape index (κ3) is 4.66. The van der Waals surface area contributed by atoms with Crippen molar-refractivity contribution in [1.82, 2.24) is 15.2 Å². The molecule has 6 heteroatoms. The lowest BCUT2D eigenvalue weighted by atomic mass is 10.1. The van der Waals surface area contributed by atoms with Crippen molar-refractivity contribution in [2.75, 3.05) is 49.5 Å². The number of nitrogens with one attached hydrogen (secondary N) is 2. The fourth-order valence-corrected chi connectivity index (χ4v) is 3.83. The SMILES string of the molecule is Cc1ccccc1N1CCN(CCNC(=O)Nc2ccnc3ccccc23)CC1. The number of urea groups is 1. The molecule has 1 saturated heterocycles. The van der Waals surface area contributed by atoms with Gasteiger partial charge in [-0.3, -0.25) is 9.88 Å². The van der Waals surface area contributed by atoms with Crippen LogP contribution in [0.4, 0.5) is 16.2 Å². The molecule has 150 valence electrons. The Morgan fingerprint density at radius 3 is 2.59 bits per heavy atom. The number of benzene rings is 2. The van der Waals surface area contributed by atoms with Gasteiger partial charge in [0, 0.05) is 56.5 Å². The first-order valence-electron chi connectivity index (χ1n) is 10.1. The molecule has 0 saturated carbocycles. The third-order valence-electron chi connectivity index (χ3n) is 5.44. The predicted molar refractivity (Wildman–Crippen MR) is 119 cm³/mol. The van der Waals surface area contributed by atoms with Gasteiger partial charge in [-0.25, -0.2) is 4.79 Å². The Hall–Kier alpha value is -3.12. The van der Waals surface area contributed by atoms with E-state index in [4.69, 9.17) is 0 Å². The molecule has 3 aromatic rings. The topological polar surface area (TPSA) is 60.5 Å². The standard InChI is InChI=1S/C23H27N5O/c1-18-6-2-5-9-22(18)28-16-14-27(15-17-28)13-12-25-23(29)26-21-10-11-24-20-8-4-3-7-19(20)21/h2-11H,12-17H2,1H3,(H2,24,25,26,29). The molecule has 2 heterocycles. The number of anilines is 2. The van der Waals surface area contributed by atoms with Gasteiger partial charge in [0.25, 0.3) is 0 Å². The Morgan fingerprint density at radius 2 is 1.76 bits per heavy atom. The highest BCUT2D eigenvalue weighted by atomic mass is 16.2. The largest absolute Gasteiger partial charge is 0.369 e. The average Bonchev–Trinajstić information content (AvgIpc) is 2.75. The van der Waals surface area contributed by atoms with Crippen LogP contribution in [0.5, 0.6) is 0 Å². The molecule has 1 aliphatic heterocycles. The predicted octanol–water partition coefficient (Wildman–Crippen LogP) is 3.49. The van der Waals surface area contributed by atoms with Crippen LogP contribution >= 0.6 is 0 Å². The lowest BCUT2D eigenvalue weighted by molar-refractivity contribution is 0.240. The highest BCUT2D eigenvalue weighted by Gasteiger charge is 2.18. The zero-order chi connectivity index (χ0) is 20.1. The molecule has 1 fully saturated rings. The van der Waals surface area contributed by atoms with Gasteiger partial charge in [0.15, 0.2) is 0 Å². The Kier molecular flexibility index (Phi) is 5.91. The Balaban J connectivity index is 1.23. The van der Waals surface area contributed by atoms with Crippen molar-refractivity contribution in [1.29, 1.82) is 0 Å². The van der Waals surface area contributed by atoms with Crippen LogP contribution in [0.3, 0.4) is 0 Å². The summed E-state index contributed by atoms with van der Waals surface area (Å²) in [6.07, 6.45) is 1.71. The summed E-state index contributed by atoms with van der Waals surface area (Å²) in [7, 11) is 0. The first-order valence-corrected chi connectivity index (χ1v) is 10.1. The van der Waals surface area contributed by atoms with Crippen LogP contribution in [-0.4, -0.2) is 55.2 Å². The van der Waals surface area contributed by atoms with Crippen LogP contribution in [0.2, 0.25) is 0 Å². The molecule has 0 radical (unpaired) electrons. The number of nitrogens with zero attached hydrogens (tertiary/aromatic N) is 3. The smallest absolute Gasteiger partial charge is 0.319 e. The van der Waals surface area contributed by atoms with Gasteiger partial charge in [-0.05, 0) is 30.7 Å². The molecule has 2 N–H and O–H groups in total. The normalized spacial score (nSPS) is 14.7. The fraction of sp³-hybridized carbons (Fsp3) is 0.304. The minimum absolute atomic E-state index is 0.181. The Labute approximate surface area is 171 Å². The molecule has 4 rings (SSSR count). The summed E-state index contributed by atoms with van der Waals surface area (Å²) in [5, 5.41) is 6.85. The molecule has 0 bridgehead atoms. The van der Waals surface area contributed by atoms with Crippen LogP contribution in [0.1, 0.15) is 5.56 Å². The fourth-order valence-electron chi connectivity index (χ4n) is 3.83. The number of pyridine rings is 1. The van der Waals surface area contributed by atoms with E-state index in [0.717, 1.165) is 49.3 Å². The number of amides is 2. The van der Waals surface area contributed by atoms with E-state index in [2.05, 4.69) is 56.6 Å². The Bertz CT molecular complexity index is 976. The second-order valence-electron chi connectivity index (χ2n) is 7.37. The lowest BCUT2D eigenvalue weighted by Gasteiger charge is -2.36. The molecule has 1 aliphatic rings. The number of hydrogen-bond acceptors (Lipinski definition) is 4. The second kappa shape index (κ2) is 8.92. The molecule has 29 heavy (non-hydrogen) atoms. The van der Waals surface area contributed by atoms with Crippen LogP contribution in [0, 0.1) is 6.92 Å². The average molecular weight is 390 g/mol. The van der Waals surface area contributed by atoms with Gasteiger partial charge in [0.2, 0.25) is 0 Å². The van der Waals surface area contributed by atoms with E-state index >= 15 is 0 Å². The van der Waals surface area contributed by atoms with E-state index in [1.807, 2.05) is 30.3 Å². The van der Waals surface area contributed by atoms with Gasteiger partial charge in [-0.1, -0.05) is 36.4 Å². The summed E-state index contributed by atoms with van der Waals surface area (Å²) in [5.74, 6) is 0. The number of aryl methyl sites for hydroxylation is 1. The number of hydrogen-bond donors (Lipinski definition) is 2.